The van der Waals surface area contributed by atoms with Crippen LogP contribution in [0, 0.1) is 0 Å². The number of carbonyl (C=O) groups is 2. The van der Waals surface area contributed by atoms with E-state index in [4.69, 9.17) is 5.73 Å². The van der Waals surface area contributed by atoms with Crippen molar-refractivity contribution in [2.45, 2.75) is 6.92 Å². The molecule has 5 nitrogen and oxygen atoms in total. The lowest BCUT2D eigenvalue weighted by molar-refractivity contribution is -0.120. The topological polar surface area (TPSA) is 75.4 Å². The fourth-order valence-corrected chi connectivity index (χ4v) is 0.303. The molecule has 0 radical (unpaired) electrons. The number of amides is 3. The van der Waals surface area contributed by atoms with Gasteiger partial charge in [0.15, 0.2) is 0 Å². The quantitative estimate of drug-likeness (QED) is 0.401. The van der Waals surface area contributed by atoms with Crippen molar-refractivity contribution in [3.05, 3.63) is 12.2 Å². The Morgan fingerprint density at radius 1 is 1.55 bits per heavy atom. The highest BCUT2D eigenvalue weighted by atomic mass is 16.2. The minimum Gasteiger partial charge on any atom is -0.350 e. The monoisotopic (exact) mass is 157 g/mol. The number of hydrogen-bond donors (Lipinski definition) is 2. The summed E-state index contributed by atoms with van der Waals surface area (Å²) >= 11 is 0. The van der Waals surface area contributed by atoms with Crippen LogP contribution >= 0.6 is 0 Å². The Balaban J connectivity index is 3.95. The van der Waals surface area contributed by atoms with Gasteiger partial charge in [-0.25, -0.2) is 9.80 Å². The van der Waals surface area contributed by atoms with E-state index in [1.807, 2.05) is 0 Å². The summed E-state index contributed by atoms with van der Waals surface area (Å²) < 4.78 is 0. The molecule has 0 unspecified atom stereocenters. The van der Waals surface area contributed by atoms with E-state index in [9.17, 15) is 9.59 Å². The summed E-state index contributed by atoms with van der Waals surface area (Å²) in [5, 5.41) is 0.886. The first-order chi connectivity index (χ1) is 4.95. The van der Waals surface area contributed by atoms with Gasteiger partial charge < -0.3 is 5.73 Å². The highest BCUT2D eigenvalue weighted by Gasteiger charge is 2.07. The lowest BCUT2D eigenvalue weighted by Gasteiger charge is -2.14. The van der Waals surface area contributed by atoms with E-state index in [1.165, 1.54) is 14.0 Å². The highest BCUT2D eigenvalue weighted by molar-refractivity contribution is 5.93. The van der Waals surface area contributed by atoms with Crippen molar-refractivity contribution >= 4 is 11.9 Å². The third kappa shape index (κ3) is 3.24. The number of urea groups is 1. The van der Waals surface area contributed by atoms with E-state index in [-0.39, 0.29) is 0 Å². The number of carbonyl (C=O) groups excluding carboxylic acids is 2. The number of hydrazine groups is 1. The van der Waals surface area contributed by atoms with E-state index in [0.717, 1.165) is 5.01 Å². The van der Waals surface area contributed by atoms with Crippen LogP contribution in [0.4, 0.5) is 4.79 Å². The molecule has 0 atom stereocenters. The van der Waals surface area contributed by atoms with Crippen molar-refractivity contribution in [2.75, 3.05) is 7.05 Å². The zero-order valence-electron chi connectivity index (χ0n) is 6.55. The van der Waals surface area contributed by atoms with Gasteiger partial charge in [-0.05, 0) is 6.92 Å². The Morgan fingerprint density at radius 2 is 2.00 bits per heavy atom. The largest absolute Gasteiger partial charge is 0.350 e. The highest BCUT2D eigenvalue weighted by Crippen LogP contribution is 1.86. The van der Waals surface area contributed by atoms with Gasteiger partial charge in [0, 0.05) is 12.6 Å². The predicted octanol–water partition coefficient (Wildman–Crippen LogP) is -0.396. The van der Waals surface area contributed by atoms with Crippen LogP contribution in [-0.4, -0.2) is 24.0 Å². The fourth-order valence-electron chi connectivity index (χ4n) is 0.303. The third-order valence-electron chi connectivity index (χ3n) is 0.987. The molecule has 0 saturated carbocycles. The minimum atomic E-state index is -0.723. The van der Waals surface area contributed by atoms with Gasteiger partial charge in [-0.1, -0.05) is 6.58 Å². The van der Waals surface area contributed by atoms with Crippen molar-refractivity contribution in [3.63, 3.8) is 0 Å². The van der Waals surface area contributed by atoms with Gasteiger partial charge in [0.25, 0.3) is 5.91 Å². The van der Waals surface area contributed by atoms with Gasteiger partial charge in [-0.2, -0.15) is 0 Å². The van der Waals surface area contributed by atoms with Crippen LogP contribution in [0.25, 0.3) is 0 Å². The molecule has 62 valence electrons. The lowest BCUT2D eigenvalue weighted by Crippen LogP contribution is -2.46. The second-order valence-electron chi connectivity index (χ2n) is 2.12. The third-order valence-corrected chi connectivity index (χ3v) is 0.987. The summed E-state index contributed by atoms with van der Waals surface area (Å²) in [6, 6.07) is -0.723. The second-order valence-corrected chi connectivity index (χ2v) is 2.12. The Kier molecular flexibility index (Phi) is 3.10. The molecule has 3 amide bonds. The van der Waals surface area contributed by atoms with Crippen molar-refractivity contribution in [2.24, 2.45) is 5.73 Å². The number of nitrogens with two attached hydrogens (primary N) is 1. The summed E-state index contributed by atoms with van der Waals surface area (Å²) in [6.45, 7) is 4.91. The molecule has 0 aromatic heterocycles. The molecule has 0 aromatic rings. The van der Waals surface area contributed by atoms with E-state index in [0.29, 0.717) is 5.57 Å². The number of primary amides is 1. The van der Waals surface area contributed by atoms with Crippen molar-refractivity contribution < 1.29 is 9.59 Å². The molecule has 3 N–H and O–H groups in total. The zero-order chi connectivity index (χ0) is 9.02. The Hall–Kier alpha value is -1.52. The van der Waals surface area contributed by atoms with Gasteiger partial charge in [-0.3, -0.25) is 10.2 Å². The standard InChI is InChI=1S/C6H11N3O2/c1-4(2)5(10)8-9(3)6(7)11/h1H2,2-3H3,(H2,7,11)(H,8,10). The number of nitrogens with zero attached hydrogens (tertiary/aromatic N) is 1. The molecule has 0 fully saturated rings. The SMILES string of the molecule is C=C(C)C(=O)NN(C)C(N)=O. The van der Waals surface area contributed by atoms with E-state index < -0.39 is 11.9 Å². The molecule has 0 rings (SSSR count). The molecule has 11 heavy (non-hydrogen) atoms. The van der Waals surface area contributed by atoms with Crippen molar-refractivity contribution in [3.8, 4) is 0 Å². The Labute approximate surface area is 64.8 Å². The maximum atomic E-state index is 10.8. The number of nitrogens with one attached hydrogen (secondary N) is 1. The summed E-state index contributed by atoms with van der Waals surface area (Å²) in [5.74, 6) is -0.425. The van der Waals surface area contributed by atoms with Gasteiger partial charge in [0.1, 0.15) is 0 Å². The Morgan fingerprint density at radius 3 is 2.27 bits per heavy atom. The van der Waals surface area contributed by atoms with E-state index in [2.05, 4.69) is 12.0 Å². The predicted molar refractivity (Wildman–Crippen MR) is 40.3 cm³/mol. The summed E-state index contributed by atoms with van der Waals surface area (Å²) in [5.41, 5.74) is 7.34. The van der Waals surface area contributed by atoms with E-state index in [1.54, 1.807) is 0 Å². The van der Waals surface area contributed by atoms with Gasteiger partial charge in [0.2, 0.25) is 0 Å². The summed E-state index contributed by atoms with van der Waals surface area (Å²) in [7, 11) is 1.35. The Bertz CT molecular complexity index is 200. The van der Waals surface area contributed by atoms with Crippen LogP contribution in [-0.2, 0) is 4.79 Å². The van der Waals surface area contributed by atoms with Crippen LogP contribution < -0.4 is 11.2 Å². The van der Waals surface area contributed by atoms with Crippen LogP contribution in [0.5, 0.6) is 0 Å². The van der Waals surface area contributed by atoms with Crippen molar-refractivity contribution in [1.29, 1.82) is 0 Å². The molecule has 0 saturated heterocycles. The first-order valence-electron chi connectivity index (χ1n) is 2.94. The van der Waals surface area contributed by atoms with Crippen LogP contribution in [0.1, 0.15) is 6.92 Å². The fraction of sp³-hybridized carbons (Fsp3) is 0.333. The normalized spacial score (nSPS) is 8.55. The molecule has 0 aliphatic heterocycles. The smallest absolute Gasteiger partial charge is 0.333 e. The average molecular weight is 157 g/mol. The molecule has 5 heteroatoms. The van der Waals surface area contributed by atoms with Gasteiger partial charge in [-0.15, -0.1) is 0 Å². The molecule has 0 aromatic carbocycles. The molecule has 0 aliphatic carbocycles. The molecule has 0 bridgehead atoms. The minimum absolute atomic E-state index is 0.318. The van der Waals surface area contributed by atoms with Crippen LogP contribution in [0.15, 0.2) is 12.2 Å². The zero-order valence-corrected chi connectivity index (χ0v) is 6.55. The molecule has 0 aliphatic rings. The van der Waals surface area contributed by atoms with Gasteiger partial charge >= 0.3 is 6.03 Å². The van der Waals surface area contributed by atoms with Crippen LogP contribution in [0.2, 0.25) is 0 Å². The molecular weight excluding hydrogens is 146 g/mol. The second kappa shape index (κ2) is 3.60. The summed E-state index contributed by atoms with van der Waals surface area (Å²) in [4.78, 5) is 21.2. The summed E-state index contributed by atoms with van der Waals surface area (Å²) in [6.07, 6.45) is 0. The maximum Gasteiger partial charge on any atom is 0.333 e. The van der Waals surface area contributed by atoms with Crippen LogP contribution in [0.3, 0.4) is 0 Å². The van der Waals surface area contributed by atoms with Gasteiger partial charge in [0.05, 0.1) is 0 Å². The average Bonchev–Trinajstić information content (AvgIpc) is 1.87. The molecular formula is C6H11N3O2. The molecule has 0 heterocycles. The number of rotatable bonds is 1. The first-order valence-corrected chi connectivity index (χ1v) is 2.94. The van der Waals surface area contributed by atoms with E-state index >= 15 is 0 Å². The maximum absolute atomic E-state index is 10.8. The number of hydrogen-bond acceptors (Lipinski definition) is 2. The van der Waals surface area contributed by atoms with Crippen molar-refractivity contribution in [1.82, 2.24) is 10.4 Å². The lowest BCUT2D eigenvalue weighted by atomic mass is 10.3. The first kappa shape index (κ1) is 9.48. The molecule has 0 spiro atoms.